The summed E-state index contributed by atoms with van der Waals surface area (Å²) in [5.41, 5.74) is 0. The first-order chi connectivity index (χ1) is 8.72. The quantitative estimate of drug-likeness (QED) is 0.628. The van der Waals surface area contributed by atoms with Crippen molar-refractivity contribution in [3.05, 3.63) is 24.3 Å². The Morgan fingerprint density at radius 3 is 2.28 bits per heavy atom. The number of ether oxygens (including phenoxy) is 2. The summed E-state index contributed by atoms with van der Waals surface area (Å²) in [5.74, 6) is 1.84. The highest BCUT2D eigenvalue weighted by molar-refractivity contribution is 5.75. The Bertz CT molecular complexity index is 361. The molecule has 0 heterocycles. The largest absolute Gasteiger partial charge is 0.493 e. The summed E-state index contributed by atoms with van der Waals surface area (Å²) < 4.78 is 11.2. The molecular weight excluding hydrogens is 228 g/mol. The third-order valence-corrected chi connectivity index (χ3v) is 2.51. The lowest BCUT2D eigenvalue weighted by Crippen LogP contribution is -2.01. The van der Waals surface area contributed by atoms with E-state index in [9.17, 15) is 4.79 Å². The van der Waals surface area contributed by atoms with Crippen LogP contribution < -0.4 is 9.47 Å². The smallest absolute Gasteiger partial charge is 0.129 e. The van der Waals surface area contributed by atoms with Crippen LogP contribution in [0.2, 0.25) is 0 Å². The zero-order chi connectivity index (χ0) is 13.2. The molecule has 0 atom stereocenters. The van der Waals surface area contributed by atoms with Crippen molar-refractivity contribution in [1.29, 1.82) is 0 Å². The second kappa shape index (κ2) is 8.56. The first kappa shape index (κ1) is 14.6. The van der Waals surface area contributed by atoms with Crippen LogP contribution in [0.15, 0.2) is 24.3 Å². The van der Waals surface area contributed by atoms with Crippen molar-refractivity contribution < 1.29 is 14.3 Å². The lowest BCUT2D eigenvalue weighted by molar-refractivity contribution is -0.117. The molecular formula is C15H22O3. The number of hydrogen-bond donors (Lipinski definition) is 0. The van der Waals surface area contributed by atoms with Crippen LogP contribution in [0.3, 0.4) is 0 Å². The molecule has 0 saturated heterocycles. The number of benzene rings is 1. The van der Waals surface area contributed by atoms with Gasteiger partial charge in [0.15, 0.2) is 0 Å². The summed E-state index contributed by atoms with van der Waals surface area (Å²) in [6.45, 7) is 5.04. The summed E-state index contributed by atoms with van der Waals surface area (Å²) in [6.07, 6.45) is 3.52. The molecule has 0 amide bonds. The van der Waals surface area contributed by atoms with Gasteiger partial charge >= 0.3 is 0 Å². The Morgan fingerprint density at radius 1 is 1.11 bits per heavy atom. The molecule has 0 unspecified atom stereocenters. The molecule has 0 N–H and O–H groups in total. The van der Waals surface area contributed by atoms with Crippen molar-refractivity contribution >= 4 is 5.78 Å². The zero-order valence-electron chi connectivity index (χ0n) is 11.3. The monoisotopic (exact) mass is 250 g/mol. The Hall–Kier alpha value is -1.51. The van der Waals surface area contributed by atoms with Crippen LogP contribution in [0.1, 0.15) is 39.5 Å². The number of carbonyl (C=O) groups is 1. The topological polar surface area (TPSA) is 35.5 Å². The molecule has 3 heteroatoms. The van der Waals surface area contributed by atoms with Gasteiger partial charge in [-0.05, 0) is 31.9 Å². The fourth-order valence-corrected chi connectivity index (χ4v) is 1.50. The van der Waals surface area contributed by atoms with E-state index >= 15 is 0 Å². The average molecular weight is 250 g/mol. The molecule has 3 nitrogen and oxygen atoms in total. The number of ketones is 1. The normalized spacial score (nSPS) is 10.1. The van der Waals surface area contributed by atoms with E-state index < -0.39 is 0 Å². The molecule has 1 rings (SSSR count). The predicted octanol–water partition coefficient (Wildman–Crippen LogP) is 3.61. The number of carbonyl (C=O) groups excluding carboxylic acids is 1. The molecule has 0 aliphatic rings. The van der Waals surface area contributed by atoms with Crippen LogP contribution in [0.5, 0.6) is 11.5 Å². The van der Waals surface area contributed by atoms with Gasteiger partial charge < -0.3 is 14.3 Å². The fourth-order valence-electron chi connectivity index (χ4n) is 1.50. The van der Waals surface area contributed by atoms with E-state index in [4.69, 9.17) is 9.47 Å². The zero-order valence-corrected chi connectivity index (χ0v) is 11.3. The van der Waals surface area contributed by atoms with Crippen LogP contribution in [-0.2, 0) is 4.79 Å². The summed E-state index contributed by atoms with van der Waals surface area (Å²) in [4.78, 5) is 10.8. The molecule has 1 aromatic rings. The molecule has 0 saturated carbocycles. The minimum Gasteiger partial charge on any atom is -0.493 e. The van der Waals surface area contributed by atoms with Crippen LogP contribution in [0.25, 0.3) is 0 Å². The van der Waals surface area contributed by atoms with Crippen LogP contribution in [-0.4, -0.2) is 19.0 Å². The van der Waals surface area contributed by atoms with E-state index in [1.54, 1.807) is 6.92 Å². The maximum Gasteiger partial charge on any atom is 0.129 e. The van der Waals surface area contributed by atoms with E-state index in [0.717, 1.165) is 37.4 Å². The number of hydrogen-bond acceptors (Lipinski definition) is 3. The second-order valence-corrected chi connectivity index (χ2v) is 4.33. The Labute approximate surface area is 109 Å². The molecule has 1 aromatic carbocycles. The van der Waals surface area contributed by atoms with Gasteiger partial charge in [0.05, 0.1) is 13.2 Å². The number of unbranched alkanes of at least 4 members (excludes halogenated alkanes) is 1. The summed E-state index contributed by atoms with van der Waals surface area (Å²) >= 11 is 0. The SMILES string of the molecule is CCCCOc1cccc(OCCCC(C)=O)c1. The molecule has 18 heavy (non-hydrogen) atoms. The van der Waals surface area contributed by atoms with E-state index in [1.807, 2.05) is 24.3 Å². The van der Waals surface area contributed by atoms with Gasteiger partial charge in [-0.2, -0.15) is 0 Å². The molecule has 0 aromatic heterocycles. The fraction of sp³-hybridized carbons (Fsp3) is 0.533. The maximum absolute atomic E-state index is 10.8. The van der Waals surface area contributed by atoms with E-state index in [2.05, 4.69) is 6.92 Å². The number of rotatable bonds is 9. The van der Waals surface area contributed by atoms with Crippen molar-refractivity contribution in [1.82, 2.24) is 0 Å². The Balaban J connectivity index is 2.32. The molecule has 0 fully saturated rings. The molecule has 100 valence electrons. The Kier molecular flexibility index (Phi) is 6.92. The third-order valence-electron chi connectivity index (χ3n) is 2.51. The lowest BCUT2D eigenvalue weighted by atomic mass is 10.2. The Morgan fingerprint density at radius 2 is 1.72 bits per heavy atom. The van der Waals surface area contributed by atoms with Crippen LogP contribution >= 0.6 is 0 Å². The number of Topliss-reactive ketones (excluding diaryl/α,β-unsaturated/α-hetero) is 1. The first-order valence-electron chi connectivity index (χ1n) is 6.57. The molecule has 0 spiro atoms. The van der Waals surface area contributed by atoms with E-state index in [-0.39, 0.29) is 5.78 Å². The van der Waals surface area contributed by atoms with Crippen LogP contribution in [0.4, 0.5) is 0 Å². The van der Waals surface area contributed by atoms with E-state index in [1.165, 1.54) is 0 Å². The van der Waals surface area contributed by atoms with Gasteiger partial charge in [0.2, 0.25) is 0 Å². The highest BCUT2D eigenvalue weighted by atomic mass is 16.5. The summed E-state index contributed by atoms with van der Waals surface area (Å²) in [5, 5.41) is 0. The lowest BCUT2D eigenvalue weighted by Gasteiger charge is -2.09. The van der Waals surface area contributed by atoms with Gasteiger partial charge in [-0.1, -0.05) is 19.4 Å². The van der Waals surface area contributed by atoms with Crippen molar-refractivity contribution in [3.8, 4) is 11.5 Å². The van der Waals surface area contributed by atoms with Crippen molar-refractivity contribution in [2.24, 2.45) is 0 Å². The van der Waals surface area contributed by atoms with Crippen LogP contribution in [0, 0.1) is 0 Å². The van der Waals surface area contributed by atoms with Gasteiger partial charge in [-0.25, -0.2) is 0 Å². The average Bonchev–Trinajstić information content (AvgIpc) is 2.35. The highest BCUT2D eigenvalue weighted by Gasteiger charge is 1.99. The van der Waals surface area contributed by atoms with E-state index in [0.29, 0.717) is 13.0 Å². The van der Waals surface area contributed by atoms with Gasteiger partial charge in [0.1, 0.15) is 17.3 Å². The second-order valence-electron chi connectivity index (χ2n) is 4.33. The summed E-state index contributed by atoms with van der Waals surface area (Å²) in [7, 11) is 0. The van der Waals surface area contributed by atoms with Crippen molar-refractivity contribution in [2.45, 2.75) is 39.5 Å². The highest BCUT2D eigenvalue weighted by Crippen LogP contribution is 2.19. The van der Waals surface area contributed by atoms with Gasteiger partial charge in [0, 0.05) is 12.5 Å². The third kappa shape index (κ3) is 6.28. The van der Waals surface area contributed by atoms with Gasteiger partial charge in [0.25, 0.3) is 0 Å². The maximum atomic E-state index is 10.8. The molecule has 0 bridgehead atoms. The summed E-state index contributed by atoms with van der Waals surface area (Å²) in [6, 6.07) is 7.64. The van der Waals surface area contributed by atoms with Gasteiger partial charge in [-0.3, -0.25) is 0 Å². The van der Waals surface area contributed by atoms with Crippen molar-refractivity contribution in [2.75, 3.05) is 13.2 Å². The molecule has 0 aliphatic heterocycles. The van der Waals surface area contributed by atoms with Crippen molar-refractivity contribution in [3.63, 3.8) is 0 Å². The molecule has 0 aliphatic carbocycles. The first-order valence-corrected chi connectivity index (χ1v) is 6.57. The standard InChI is InChI=1S/C15H22O3/c1-3-4-10-17-14-8-5-9-15(12-14)18-11-6-7-13(2)16/h5,8-9,12H,3-4,6-7,10-11H2,1-2H3. The minimum absolute atomic E-state index is 0.204. The van der Waals surface area contributed by atoms with Gasteiger partial charge in [-0.15, -0.1) is 0 Å². The molecule has 0 radical (unpaired) electrons. The minimum atomic E-state index is 0.204. The predicted molar refractivity (Wildman–Crippen MR) is 72.3 cm³/mol.